The molecule has 1 aliphatic heterocycles. The summed E-state index contributed by atoms with van der Waals surface area (Å²) < 4.78 is 0. The molecule has 128 valence electrons. The number of piperazine rings is 1. The summed E-state index contributed by atoms with van der Waals surface area (Å²) >= 11 is 1.59. The molecule has 2 aromatic heterocycles. The molecule has 3 rings (SSSR count). The summed E-state index contributed by atoms with van der Waals surface area (Å²) in [6, 6.07) is 5.99. The van der Waals surface area contributed by atoms with Gasteiger partial charge >= 0.3 is 6.03 Å². The Kier molecular flexibility index (Phi) is 5.77. The van der Waals surface area contributed by atoms with Gasteiger partial charge in [-0.3, -0.25) is 9.88 Å². The lowest BCUT2D eigenvalue weighted by Crippen LogP contribution is -2.52. The molecule has 1 fully saturated rings. The summed E-state index contributed by atoms with van der Waals surface area (Å²) in [4.78, 5) is 25.4. The first-order chi connectivity index (χ1) is 11.8. The third-order valence-corrected chi connectivity index (χ3v) is 5.12. The second-order valence-electron chi connectivity index (χ2n) is 5.86. The van der Waals surface area contributed by atoms with E-state index in [2.05, 4.69) is 27.1 Å². The average molecular weight is 345 g/mol. The van der Waals surface area contributed by atoms with Gasteiger partial charge in [-0.05, 0) is 18.6 Å². The van der Waals surface area contributed by atoms with E-state index in [0.717, 1.165) is 49.8 Å². The van der Waals surface area contributed by atoms with E-state index < -0.39 is 0 Å². The van der Waals surface area contributed by atoms with E-state index in [1.165, 1.54) is 0 Å². The number of thiazole rings is 1. The summed E-state index contributed by atoms with van der Waals surface area (Å²) in [5.74, 6) is 0. The molecule has 1 aliphatic rings. The number of rotatable bonds is 5. The van der Waals surface area contributed by atoms with E-state index in [1.54, 1.807) is 17.5 Å². The van der Waals surface area contributed by atoms with Crippen LogP contribution in [0.25, 0.3) is 0 Å². The molecule has 6 nitrogen and oxygen atoms in total. The zero-order valence-corrected chi connectivity index (χ0v) is 14.7. The van der Waals surface area contributed by atoms with Crippen LogP contribution in [-0.2, 0) is 6.54 Å². The Bertz CT molecular complexity index is 626. The zero-order chi connectivity index (χ0) is 16.8. The fraction of sp³-hybridized carbons (Fsp3) is 0.471. The van der Waals surface area contributed by atoms with Crippen LogP contribution < -0.4 is 5.32 Å². The Morgan fingerprint density at radius 2 is 2.08 bits per heavy atom. The molecule has 3 heterocycles. The van der Waals surface area contributed by atoms with Crippen molar-refractivity contribution >= 4 is 17.4 Å². The van der Waals surface area contributed by atoms with Crippen LogP contribution in [0.4, 0.5) is 4.79 Å². The SMILES string of the molecule is CC[C@@H](NC(=O)N1CCN(Cc2ccccn2)CC1)c1nccs1. The molecule has 0 spiro atoms. The molecular weight excluding hydrogens is 322 g/mol. The molecule has 2 amide bonds. The quantitative estimate of drug-likeness (QED) is 0.904. The van der Waals surface area contributed by atoms with Crippen molar-refractivity contribution in [2.24, 2.45) is 0 Å². The van der Waals surface area contributed by atoms with Gasteiger partial charge in [0.2, 0.25) is 0 Å². The van der Waals surface area contributed by atoms with Gasteiger partial charge in [-0.1, -0.05) is 13.0 Å². The second kappa shape index (κ2) is 8.21. The van der Waals surface area contributed by atoms with Gasteiger partial charge in [0.15, 0.2) is 0 Å². The number of carbonyl (C=O) groups excluding carboxylic acids is 1. The summed E-state index contributed by atoms with van der Waals surface area (Å²) in [5.41, 5.74) is 1.07. The van der Waals surface area contributed by atoms with E-state index in [4.69, 9.17) is 0 Å². The van der Waals surface area contributed by atoms with E-state index in [1.807, 2.05) is 34.7 Å². The standard InChI is InChI=1S/C17H23N5OS/c1-2-15(16-19-7-12-24-16)20-17(23)22-10-8-21(9-11-22)13-14-5-3-4-6-18-14/h3-7,12,15H,2,8-11,13H2,1H3,(H,20,23)/t15-/m1/s1. The van der Waals surface area contributed by atoms with Gasteiger partial charge in [-0.2, -0.15) is 0 Å². The highest BCUT2D eigenvalue weighted by atomic mass is 32.1. The Balaban J connectivity index is 1.48. The first-order valence-electron chi connectivity index (χ1n) is 8.33. The normalized spacial score (nSPS) is 16.8. The van der Waals surface area contributed by atoms with Crippen molar-refractivity contribution in [1.29, 1.82) is 0 Å². The van der Waals surface area contributed by atoms with Crippen molar-refractivity contribution in [3.05, 3.63) is 46.7 Å². The van der Waals surface area contributed by atoms with Crippen molar-refractivity contribution < 1.29 is 4.79 Å². The molecule has 2 aromatic rings. The summed E-state index contributed by atoms with van der Waals surface area (Å²) in [7, 11) is 0. The Labute approximate surface area is 146 Å². The minimum Gasteiger partial charge on any atom is -0.329 e. The monoisotopic (exact) mass is 345 g/mol. The van der Waals surface area contributed by atoms with Crippen molar-refractivity contribution in [3.63, 3.8) is 0 Å². The third-order valence-electron chi connectivity index (χ3n) is 4.23. The molecule has 0 bridgehead atoms. The number of aromatic nitrogens is 2. The predicted octanol–water partition coefficient (Wildman–Crippen LogP) is 2.52. The van der Waals surface area contributed by atoms with Crippen LogP contribution in [0.2, 0.25) is 0 Å². The van der Waals surface area contributed by atoms with Crippen LogP contribution >= 0.6 is 11.3 Å². The third kappa shape index (κ3) is 4.30. The summed E-state index contributed by atoms with van der Waals surface area (Å²) in [6.07, 6.45) is 4.45. The fourth-order valence-corrected chi connectivity index (χ4v) is 3.59. The lowest BCUT2D eigenvalue weighted by atomic mass is 10.2. The van der Waals surface area contributed by atoms with Crippen LogP contribution in [0.3, 0.4) is 0 Å². The Hall–Kier alpha value is -1.99. The number of urea groups is 1. The van der Waals surface area contributed by atoms with Crippen LogP contribution in [0, 0.1) is 0 Å². The van der Waals surface area contributed by atoms with Gasteiger partial charge < -0.3 is 10.2 Å². The number of nitrogens with zero attached hydrogens (tertiary/aromatic N) is 4. The van der Waals surface area contributed by atoms with Gasteiger partial charge in [-0.25, -0.2) is 9.78 Å². The number of pyridine rings is 1. The minimum atomic E-state index is 0.00375. The van der Waals surface area contributed by atoms with Crippen LogP contribution in [0.1, 0.15) is 30.1 Å². The van der Waals surface area contributed by atoms with Gasteiger partial charge in [-0.15, -0.1) is 11.3 Å². The molecular formula is C17H23N5OS. The fourth-order valence-electron chi connectivity index (χ4n) is 2.82. The molecule has 0 saturated carbocycles. The molecule has 0 aliphatic carbocycles. The lowest BCUT2D eigenvalue weighted by Gasteiger charge is -2.35. The highest BCUT2D eigenvalue weighted by Crippen LogP contribution is 2.19. The van der Waals surface area contributed by atoms with Crippen LogP contribution in [0.15, 0.2) is 36.0 Å². The molecule has 7 heteroatoms. The van der Waals surface area contributed by atoms with Gasteiger partial charge in [0.1, 0.15) is 5.01 Å². The van der Waals surface area contributed by atoms with Crippen molar-refractivity contribution in [2.45, 2.75) is 25.9 Å². The van der Waals surface area contributed by atoms with Crippen LogP contribution in [0.5, 0.6) is 0 Å². The highest BCUT2D eigenvalue weighted by Gasteiger charge is 2.24. The number of carbonyl (C=O) groups is 1. The molecule has 0 radical (unpaired) electrons. The maximum absolute atomic E-state index is 12.5. The Morgan fingerprint density at radius 3 is 2.71 bits per heavy atom. The van der Waals surface area contributed by atoms with E-state index in [0.29, 0.717) is 0 Å². The largest absolute Gasteiger partial charge is 0.329 e. The molecule has 1 atom stereocenters. The second-order valence-corrected chi connectivity index (χ2v) is 6.79. The first kappa shape index (κ1) is 16.9. The number of hydrogen-bond donors (Lipinski definition) is 1. The molecule has 24 heavy (non-hydrogen) atoms. The Morgan fingerprint density at radius 1 is 1.25 bits per heavy atom. The van der Waals surface area contributed by atoms with Crippen molar-refractivity contribution in [3.8, 4) is 0 Å². The molecule has 0 aromatic carbocycles. The lowest BCUT2D eigenvalue weighted by molar-refractivity contribution is 0.132. The van der Waals surface area contributed by atoms with Gasteiger partial charge in [0.05, 0.1) is 11.7 Å². The maximum atomic E-state index is 12.5. The topological polar surface area (TPSA) is 61.4 Å². The van der Waals surface area contributed by atoms with E-state index in [9.17, 15) is 4.79 Å². The first-order valence-corrected chi connectivity index (χ1v) is 9.21. The molecule has 1 saturated heterocycles. The van der Waals surface area contributed by atoms with Gasteiger partial charge in [0, 0.05) is 50.5 Å². The minimum absolute atomic E-state index is 0.00375. The molecule has 0 unspecified atom stereocenters. The van der Waals surface area contributed by atoms with E-state index >= 15 is 0 Å². The maximum Gasteiger partial charge on any atom is 0.318 e. The average Bonchev–Trinajstić information content (AvgIpc) is 3.15. The number of nitrogens with one attached hydrogen (secondary N) is 1. The van der Waals surface area contributed by atoms with Crippen LogP contribution in [-0.4, -0.2) is 52.0 Å². The summed E-state index contributed by atoms with van der Waals surface area (Å²) in [5, 5.41) is 6.02. The number of hydrogen-bond acceptors (Lipinski definition) is 5. The highest BCUT2D eigenvalue weighted by molar-refractivity contribution is 7.09. The number of amides is 2. The molecule has 1 N–H and O–H groups in total. The smallest absolute Gasteiger partial charge is 0.318 e. The van der Waals surface area contributed by atoms with Crippen molar-refractivity contribution in [1.82, 2.24) is 25.1 Å². The summed E-state index contributed by atoms with van der Waals surface area (Å²) in [6.45, 7) is 6.14. The predicted molar refractivity (Wildman–Crippen MR) is 94.8 cm³/mol. The zero-order valence-electron chi connectivity index (χ0n) is 13.9. The van der Waals surface area contributed by atoms with Crippen molar-refractivity contribution in [2.75, 3.05) is 26.2 Å². The van der Waals surface area contributed by atoms with E-state index in [-0.39, 0.29) is 12.1 Å². The van der Waals surface area contributed by atoms with Gasteiger partial charge in [0.25, 0.3) is 0 Å².